The van der Waals surface area contributed by atoms with Crippen LogP contribution in [0.4, 0.5) is 0 Å². The Balaban J connectivity index is 2.09. The maximum atomic E-state index is 12.3. The smallest absolute Gasteiger partial charge is 0.248 e. The van der Waals surface area contributed by atoms with Crippen LogP contribution in [0.25, 0.3) is 0 Å². The van der Waals surface area contributed by atoms with Crippen LogP contribution < -0.4 is 5.32 Å². The molecule has 1 N–H and O–H groups in total. The minimum atomic E-state index is -0.307. The summed E-state index contributed by atoms with van der Waals surface area (Å²) in [5.74, 6) is 0.689. The van der Waals surface area contributed by atoms with Gasteiger partial charge in [0.1, 0.15) is 6.04 Å². The average molecular weight is 282 g/mol. The Labute approximate surface area is 119 Å². The Bertz CT molecular complexity index is 400. The summed E-state index contributed by atoms with van der Waals surface area (Å²) >= 11 is 1.70. The predicted octanol–water partition coefficient (Wildman–Crippen LogP) is 1.91. The van der Waals surface area contributed by atoms with E-state index in [1.54, 1.807) is 22.7 Å². The molecule has 2 amide bonds. The number of amides is 2. The molecule has 0 aromatic carbocycles. The van der Waals surface area contributed by atoms with E-state index in [0.717, 1.165) is 24.8 Å². The van der Waals surface area contributed by atoms with Crippen molar-refractivity contribution in [3.8, 4) is 0 Å². The van der Waals surface area contributed by atoms with Gasteiger partial charge in [-0.2, -0.15) is 0 Å². The number of rotatable bonds is 4. The van der Waals surface area contributed by atoms with Crippen LogP contribution >= 0.6 is 11.8 Å². The third-order valence-corrected chi connectivity index (χ3v) is 4.79. The SMILES string of the molecule is CCC1SCC(C(=O)NC2CC2)N1C(=O)C=C(C)C. The lowest BCUT2D eigenvalue weighted by Gasteiger charge is -2.27. The van der Waals surface area contributed by atoms with E-state index < -0.39 is 0 Å². The van der Waals surface area contributed by atoms with Gasteiger partial charge in [-0.05, 0) is 33.1 Å². The molecule has 4 nitrogen and oxygen atoms in total. The maximum absolute atomic E-state index is 12.3. The monoisotopic (exact) mass is 282 g/mol. The quantitative estimate of drug-likeness (QED) is 0.801. The van der Waals surface area contributed by atoms with Crippen LogP contribution in [0.3, 0.4) is 0 Å². The molecule has 0 aromatic heterocycles. The molecule has 2 rings (SSSR count). The number of nitrogens with one attached hydrogen (secondary N) is 1. The summed E-state index contributed by atoms with van der Waals surface area (Å²) in [6, 6.07) is 0.0391. The molecule has 2 aliphatic rings. The zero-order chi connectivity index (χ0) is 14.0. The first-order valence-electron chi connectivity index (χ1n) is 6.92. The lowest BCUT2D eigenvalue weighted by molar-refractivity contribution is -0.136. The van der Waals surface area contributed by atoms with E-state index in [1.807, 2.05) is 13.8 Å². The van der Waals surface area contributed by atoms with E-state index in [1.165, 1.54) is 0 Å². The fourth-order valence-electron chi connectivity index (χ4n) is 2.22. The summed E-state index contributed by atoms with van der Waals surface area (Å²) < 4.78 is 0. The van der Waals surface area contributed by atoms with E-state index in [0.29, 0.717) is 11.8 Å². The highest BCUT2D eigenvalue weighted by Crippen LogP contribution is 2.32. The topological polar surface area (TPSA) is 49.4 Å². The van der Waals surface area contributed by atoms with Gasteiger partial charge in [0.15, 0.2) is 0 Å². The van der Waals surface area contributed by atoms with Gasteiger partial charge in [0, 0.05) is 17.9 Å². The van der Waals surface area contributed by atoms with Crippen LogP contribution in [0.5, 0.6) is 0 Å². The second-order valence-corrected chi connectivity index (χ2v) is 6.67. The van der Waals surface area contributed by atoms with Crippen LogP contribution in [0, 0.1) is 0 Å². The molecule has 106 valence electrons. The van der Waals surface area contributed by atoms with Crippen LogP contribution in [-0.2, 0) is 9.59 Å². The van der Waals surface area contributed by atoms with Crippen molar-refractivity contribution in [1.82, 2.24) is 10.2 Å². The Kier molecular flexibility index (Phi) is 4.55. The van der Waals surface area contributed by atoms with E-state index >= 15 is 0 Å². The lowest BCUT2D eigenvalue weighted by Crippen LogP contribution is -2.49. The molecule has 19 heavy (non-hydrogen) atoms. The molecule has 2 fully saturated rings. The van der Waals surface area contributed by atoms with E-state index in [4.69, 9.17) is 0 Å². The highest BCUT2D eigenvalue weighted by Gasteiger charge is 2.41. The molecular weight excluding hydrogens is 260 g/mol. The minimum absolute atomic E-state index is 0.0152. The van der Waals surface area contributed by atoms with Crippen LogP contribution in [0.2, 0.25) is 0 Å². The lowest BCUT2D eigenvalue weighted by atomic mass is 10.2. The third kappa shape index (κ3) is 3.53. The molecule has 0 radical (unpaired) electrons. The Morgan fingerprint density at radius 3 is 2.58 bits per heavy atom. The van der Waals surface area contributed by atoms with Gasteiger partial charge < -0.3 is 10.2 Å². The van der Waals surface area contributed by atoms with Gasteiger partial charge in [0.25, 0.3) is 0 Å². The normalized spacial score (nSPS) is 26.2. The number of carbonyl (C=O) groups excluding carboxylic acids is 2. The van der Waals surface area contributed by atoms with Crippen LogP contribution in [0.1, 0.15) is 40.0 Å². The molecule has 1 saturated carbocycles. The van der Waals surface area contributed by atoms with Gasteiger partial charge >= 0.3 is 0 Å². The predicted molar refractivity (Wildman–Crippen MR) is 77.8 cm³/mol. The molecule has 2 atom stereocenters. The number of hydrogen-bond donors (Lipinski definition) is 1. The largest absolute Gasteiger partial charge is 0.352 e. The number of carbonyl (C=O) groups is 2. The van der Waals surface area contributed by atoms with Crippen molar-refractivity contribution >= 4 is 23.6 Å². The summed E-state index contributed by atoms with van der Waals surface area (Å²) in [5, 5.41) is 3.13. The van der Waals surface area contributed by atoms with Crippen molar-refractivity contribution in [3.05, 3.63) is 11.6 Å². The third-order valence-electron chi connectivity index (χ3n) is 3.33. The van der Waals surface area contributed by atoms with Gasteiger partial charge in [0.05, 0.1) is 5.37 Å². The second kappa shape index (κ2) is 5.99. The van der Waals surface area contributed by atoms with E-state index in [9.17, 15) is 9.59 Å². The zero-order valence-electron chi connectivity index (χ0n) is 11.8. The highest BCUT2D eigenvalue weighted by molar-refractivity contribution is 8.00. The van der Waals surface area contributed by atoms with Crippen molar-refractivity contribution in [2.24, 2.45) is 0 Å². The molecular formula is C14H22N2O2S. The first kappa shape index (κ1) is 14.4. The van der Waals surface area contributed by atoms with Crippen LogP contribution in [-0.4, -0.2) is 39.9 Å². The molecule has 1 aliphatic heterocycles. The molecule has 2 unspecified atom stereocenters. The molecule has 5 heteroatoms. The molecule has 0 aromatic rings. The minimum Gasteiger partial charge on any atom is -0.352 e. The van der Waals surface area contributed by atoms with E-state index in [-0.39, 0.29) is 23.2 Å². The standard InChI is InChI=1S/C14H22N2O2S/c1-4-13-16(12(17)7-9(2)3)11(8-19-13)14(18)15-10-5-6-10/h7,10-11,13H,4-6,8H2,1-3H3,(H,15,18). The summed E-state index contributed by atoms with van der Waals surface area (Å²) in [4.78, 5) is 26.3. The summed E-state index contributed by atoms with van der Waals surface area (Å²) in [7, 11) is 0. The number of allylic oxidation sites excluding steroid dienone is 1. The fourth-order valence-corrected chi connectivity index (χ4v) is 3.59. The van der Waals surface area contributed by atoms with Gasteiger partial charge in [-0.15, -0.1) is 11.8 Å². The van der Waals surface area contributed by atoms with Gasteiger partial charge in [-0.1, -0.05) is 12.5 Å². The number of thioether (sulfide) groups is 1. The maximum Gasteiger partial charge on any atom is 0.248 e. The Morgan fingerprint density at radius 1 is 1.37 bits per heavy atom. The Morgan fingerprint density at radius 2 is 2.05 bits per heavy atom. The van der Waals surface area contributed by atoms with Gasteiger partial charge in [-0.3, -0.25) is 9.59 Å². The molecule has 1 aliphatic carbocycles. The van der Waals surface area contributed by atoms with Crippen LogP contribution in [0.15, 0.2) is 11.6 Å². The molecule has 1 saturated heterocycles. The highest BCUT2D eigenvalue weighted by atomic mass is 32.2. The van der Waals surface area contributed by atoms with E-state index in [2.05, 4.69) is 12.2 Å². The van der Waals surface area contributed by atoms with Crippen molar-refractivity contribution < 1.29 is 9.59 Å². The number of nitrogens with zero attached hydrogens (tertiary/aromatic N) is 1. The zero-order valence-corrected chi connectivity index (χ0v) is 12.6. The van der Waals surface area contributed by atoms with Gasteiger partial charge in [0.2, 0.25) is 11.8 Å². The van der Waals surface area contributed by atoms with Crippen molar-refractivity contribution in [2.75, 3.05) is 5.75 Å². The van der Waals surface area contributed by atoms with Crippen molar-refractivity contribution in [3.63, 3.8) is 0 Å². The molecule has 0 bridgehead atoms. The molecule has 0 spiro atoms. The molecule has 1 heterocycles. The van der Waals surface area contributed by atoms with Crippen molar-refractivity contribution in [1.29, 1.82) is 0 Å². The summed E-state index contributed by atoms with van der Waals surface area (Å²) in [5.41, 5.74) is 0.970. The first-order valence-corrected chi connectivity index (χ1v) is 7.97. The number of hydrogen-bond acceptors (Lipinski definition) is 3. The second-order valence-electron chi connectivity index (χ2n) is 5.46. The van der Waals surface area contributed by atoms with Gasteiger partial charge in [-0.25, -0.2) is 0 Å². The fraction of sp³-hybridized carbons (Fsp3) is 0.714. The first-order chi connectivity index (χ1) is 9.02. The summed E-state index contributed by atoms with van der Waals surface area (Å²) in [6.07, 6.45) is 4.65. The average Bonchev–Trinajstić information content (AvgIpc) is 3.04. The Hall–Kier alpha value is -0.970. The van der Waals surface area contributed by atoms with Crippen molar-refractivity contribution in [2.45, 2.75) is 57.5 Å². The summed E-state index contributed by atoms with van der Waals surface area (Å²) in [6.45, 7) is 5.87.